The van der Waals surface area contributed by atoms with Crippen LogP contribution in [0.5, 0.6) is 0 Å². The summed E-state index contributed by atoms with van der Waals surface area (Å²) in [5, 5.41) is 3.16. The topological polar surface area (TPSA) is 32.3 Å². The highest BCUT2D eigenvalue weighted by Crippen LogP contribution is 2.22. The van der Waals surface area contributed by atoms with Gasteiger partial charge in [0.05, 0.1) is 0 Å². The molecule has 0 aliphatic heterocycles. The smallest absolute Gasteiger partial charge is 0.220 e. The van der Waals surface area contributed by atoms with Gasteiger partial charge in [-0.15, -0.1) is 0 Å². The monoisotopic (exact) mass is 212 g/mol. The molecule has 2 unspecified atom stereocenters. The van der Waals surface area contributed by atoms with E-state index in [0.717, 1.165) is 6.42 Å². The van der Waals surface area contributed by atoms with Crippen LogP contribution in [0.4, 0.5) is 0 Å². The number of hydrogen-bond acceptors (Lipinski definition) is 2. The largest absolute Gasteiger partial charge is 0.352 e. The zero-order chi connectivity index (χ0) is 11.4. The number of likely N-dealkylation sites (N-methyl/N-ethyl adjacent to an activating group) is 1. The third-order valence-corrected chi connectivity index (χ3v) is 3.08. The van der Waals surface area contributed by atoms with Gasteiger partial charge in [0.1, 0.15) is 0 Å². The van der Waals surface area contributed by atoms with E-state index in [-0.39, 0.29) is 5.91 Å². The van der Waals surface area contributed by atoms with Crippen LogP contribution in [0.25, 0.3) is 0 Å². The molecule has 1 fully saturated rings. The molecule has 1 rings (SSSR count). The summed E-state index contributed by atoms with van der Waals surface area (Å²) >= 11 is 0. The number of rotatable bonds is 4. The van der Waals surface area contributed by atoms with Gasteiger partial charge in [-0.2, -0.15) is 0 Å². The molecular formula is C12H24N2O. The Morgan fingerprint density at radius 1 is 1.40 bits per heavy atom. The lowest BCUT2D eigenvalue weighted by Crippen LogP contribution is -2.46. The van der Waals surface area contributed by atoms with Crippen molar-refractivity contribution >= 4 is 5.91 Å². The average Bonchev–Trinajstić information content (AvgIpc) is 2.50. The first-order chi connectivity index (χ1) is 7.00. The van der Waals surface area contributed by atoms with Crippen molar-refractivity contribution in [1.29, 1.82) is 0 Å². The van der Waals surface area contributed by atoms with Gasteiger partial charge in [0, 0.05) is 18.5 Å². The summed E-state index contributed by atoms with van der Waals surface area (Å²) in [5.74, 6) is 0.660. The first-order valence-corrected chi connectivity index (χ1v) is 5.96. The van der Waals surface area contributed by atoms with Crippen molar-refractivity contribution in [3.63, 3.8) is 0 Å². The summed E-state index contributed by atoms with van der Waals surface area (Å²) in [6, 6.07) is 0.896. The normalized spacial score (nSPS) is 26.3. The first kappa shape index (κ1) is 12.5. The second-order valence-electron chi connectivity index (χ2n) is 5.23. The Hall–Kier alpha value is -0.570. The van der Waals surface area contributed by atoms with E-state index in [9.17, 15) is 4.79 Å². The van der Waals surface area contributed by atoms with Crippen LogP contribution in [0.3, 0.4) is 0 Å². The van der Waals surface area contributed by atoms with E-state index >= 15 is 0 Å². The molecule has 0 aromatic heterocycles. The molecule has 0 radical (unpaired) electrons. The Kier molecular flexibility index (Phi) is 4.58. The minimum absolute atomic E-state index is 0.212. The fraction of sp³-hybridized carbons (Fsp3) is 0.917. The van der Waals surface area contributed by atoms with Crippen molar-refractivity contribution in [2.75, 3.05) is 14.1 Å². The molecule has 0 heterocycles. The van der Waals surface area contributed by atoms with Gasteiger partial charge in [-0.3, -0.25) is 4.79 Å². The van der Waals surface area contributed by atoms with Crippen molar-refractivity contribution in [1.82, 2.24) is 10.2 Å². The number of carbonyl (C=O) groups is 1. The number of nitrogens with zero attached hydrogens (tertiary/aromatic N) is 1. The molecule has 0 aromatic rings. The average molecular weight is 212 g/mol. The zero-order valence-electron chi connectivity index (χ0n) is 10.4. The van der Waals surface area contributed by atoms with Crippen LogP contribution < -0.4 is 5.32 Å². The minimum Gasteiger partial charge on any atom is -0.352 e. The Balaban J connectivity index is 2.40. The maximum Gasteiger partial charge on any atom is 0.220 e. The van der Waals surface area contributed by atoms with E-state index in [1.807, 2.05) is 0 Å². The van der Waals surface area contributed by atoms with Crippen LogP contribution in [-0.4, -0.2) is 37.0 Å². The molecular weight excluding hydrogens is 188 g/mol. The SMILES string of the molecule is CC(C)CC(=O)NC1CCCC1N(C)C. The van der Waals surface area contributed by atoms with Gasteiger partial charge in [0.15, 0.2) is 0 Å². The molecule has 2 atom stereocenters. The molecule has 3 nitrogen and oxygen atoms in total. The maximum absolute atomic E-state index is 11.6. The highest BCUT2D eigenvalue weighted by Gasteiger charge is 2.29. The van der Waals surface area contributed by atoms with Crippen molar-refractivity contribution in [2.45, 2.75) is 51.6 Å². The summed E-state index contributed by atoms with van der Waals surface area (Å²) in [4.78, 5) is 13.9. The third kappa shape index (κ3) is 3.82. The van der Waals surface area contributed by atoms with Crippen LogP contribution in [0, 0.1) is 5.92 Å². The summed E-state index contributed by atoms with van der Waals surface area (Å²) < 4.78 is 0. The Labute approximate surface area is 93.2 Å². The maximum atomic E-state index is 11.6. The standard InChI is InChI=1S/C12H24N2O/c1-9(2)8-12(15)13-10-6-5-7-11(10)14(3)4/h9-11H,5-8H2,1-4H3,(H,13,15). The van der Waals surface area contributed by atoms with Crippen molar-refractivity contribution < 1.29 is 4.79 Å². The van der Waals surface area contributed by atoms with Gasteiger partial charge in [-0.05, 0) is 39.3 Å². The second kappa shape index (κ2) is 5.50. The van der Waals surface area contributed by atoms with E-state index in [1.54, 1.807) is 0 Å². The number of carbonyl (C=O) groups excluding carboxylic acids is 1. The highest BCUT2D eigenvalue weighted by atomic mass is 16.1. The van der Waals surface area contributed by atoms with Gasteiger partial charge in [0.2, 0.25) is 5.91 Å². The molecule has 1 N–H and O–H groups in total. The van der Waals surface area contributed by atoms with Crippen LogP contribution in [0.2, 0.25) is 0 Å². The minimum atomic E-state index is 0.212. The number of amides is 1. The van der Waals surface area contributed by atoms with Crippen molar-refractivity contribution in [3.8, 4) is 0 Å². The lowest BCUT2D eigenvalue weighted by Gasteiger charge is -2.27. The van der Waals surface area contributed by atoms with Crippen LogP contribution in [-0.2, 0) is 4.79 Å². The fourth-order valence-corrected chi connectivity index (χ4v) is 2.36. The van der Waals surface area contributed by atoms with Crippen LogP contribution in [0.1, 0.15) is 39.5 Å². The highest BCUT2D eigenvalue weighted by molar-refractivity contribution is 5.76. The van der Waals surface area contributed by atoms with Crippen molar-refractivity contribution in [3.05, 3.63) is 0 Å². The Morgan fingerprint density at radius 2 is 2.07 bits per heavy atom. The summed E-state index contributed by atoms with van der Waals surface area (Å²) in [5.41, 5.74) is 0. The lowest BCUT2D eigenvalue weighted by molar-refractivity contribution is -0.122. The quantitative estimate of drug-likeness (QED) is 0.768. The summed E-state index contributed by atoms with van der Waals surface area (Å²) in [6.45, 7) is 4.16. The summed E-state index contributed by atoms with van der Waals surface area (Å²) in [7, 11) is 4.19. The van der Waals surface area contributed by atoms with Gasteiger partial charge < -0.3 is 10.2 Å². The van der Waals surface area contributed by atoms with E-state index in [1.165, 1.54) is 12.8 Å². The van der Waals surface area contributed by atoms with E-state index in [4.69, 9.17) is 0 Å². The number of hydrogen-bond donors (Lipinski definition) is 1. The fourth-order valence-electron chi connectivity index (χ4n) is 2.36. The Morgan fingerprint density at radius 3 is 2.60 bits per heavy atom. The predicted octanol–water partition coefficient (Wildman–Crippen LogP) is 1.63. The molecule has 15 heavy (non-hydrogen) atoms. The molecule has 0 aromatic carbocycles. The molecule has 1 aliphatic carbocycles. The molecule has 3 heteroatoms. The predicted molar refractivity (Wildman–Crippen MR) is 62.7 cm³/mol. The van der Waals surface area contributed by atoms with E-state index in [0.29, 0.717) is 24.4 Å². The molecule has 0 spiro atoms. The van der Waals surface area contributed by atoms with Crippen molar-refractivity contribution in [2.24, 2.45) is 5.92 Å². The Bertz CT molecular complexity index is 214. The molecule has 0 saturated heterocycles. The van der Waals surface area contributed by atoms with Gasteiger partial charge in [-0.1, -0.05) is 13.8 Å². The zero-order valence-corrected chi connectivity index (χ0v) is 10.4. The molecule has 0 bridgehead atoms. The van der Waals surface area contributed by atoms with Crippen LogP contribution in [0.15, 0.2) is 0 Å². The molecule has 1 amide bonds. The van der Waals surface area contributed by atoms with Crippen LogP contribution >= 0.6 is 0 Å². The van der Waals surface area contributed by atoms with E-state index in [2.05, 4.69) is 38.2 Å². The molecule has 88 valence electrons. The first-order valence-electron chi connectivity index (χ1n) is 5.96. The summed E-state index contributed by atoms with van der Waals surface area (Å²) in [6.07, 6.45) is 4.22. The number of nitrogens with one attached hydrogen (secondary N) is 1. The second-order valence-corrected chi connectivity index (χ2v) is 5.23. The molecule has 1 aliphatic rings. The van der Waals surface area contributed by atoms with Gasteiger partial charge >= 0.3 is 0 Å². The molecule has 1 saturated carbocycles. The third-order valence-electron chi connectivity index (χ3n) is 3.08. The van der Waals surface area contributed by atoms with E-state index < -0.39 is 0 Å². The van der Waals surface area contributed by atoms with Gasteiger partial charge in [-0.25, -0.2) is 0 Å². The van der Waals surface area contributed by atoms with Gasteiger partial charge in [0.25, 0.3) is 0 Å². The lowest BCUT2D eigenvalue weighted by atomic mass is 10.1.